The van der Waals surface area contributed by atoms with Gasteiger partial charge in [-0.2, -0.15) is 0 Å². The predicted octanol–water partition coefficient (Wildman–Crippen LogP) is 2.86. The van der Waals surface area contributed by atoms with E-state index in [4.69, 9.17) is 4.74 Å². The smallest absolute Gasteiger partial charge is 0.274 e. The Morgan fingerprint density at radius 1 is 1.17 bits per heavy atom. The third kappa shape index (κ3) is 2.39. The van der Waals surface area contributed by atoms with E-state index in [1.54, 1.807) is 4.40 Å². The van der Waals surface area contributed by atoms with E-state index in [2.05, 4.69) is 4.98 Å². The summed E-state index contributed by atoms with van der Waals surface area (Å²) < 4.78 is 7.80. The number of aromatic nitrogens is 2. The highest BCUT2D eigenvalue weighted by atomic mass is 32.1. The van der Waals surface area contributed by atoms with Gasteiger partial charge in [0, 0.05) is 0 Å². The van der Waals surface area contributed by atoms with Crippen molar-refractivity contribution in [1.29, 1.82) is 0 Å². The molecule has 0 amide bonds. The van der Waals surface area contributed by atoms with Gasteiger partial charge in [0.1, 0.15) is 5.75 Å². The first kappa shape index (κ1) is 14.0. The molecule has 0 bridgehead atoms. The third-order valence-corrected chi connectivity index (χ3v) is 4.60. The van der Waals surface area contributed by atoms with Crippen LogP contribution >= 0.6 is 11.3 Å². The van der Waals surface area contributed by atoms with Crippen molar-refractivity contribution in [2.24, 2.45) is 0 Å². The molecule has 114 valence electrons. The molecule has 0 aliphatic rings. The lowest BCUT2D eigenvalue weighted by Gasteiger charge is -2.01. The van der Waals surface area contributed by atoms with Crippen LogP contribution in [0.5, 0.6) is 5.75 Å². The monoisotopic (exact) mass is 322 g/mol. The summed E-state index contributed by atoms with van der Waals surface area (Å²) in [5, 5.41) is 0. The lowest BCUT2D eigenvalue weighted by Crippen LogP contribution is -2.22. The van der Waals surface area contributed by atoms with Crippen LogP contribution in [0.2, 0.25) is 0 Å². The zero-order valence-electron chi connectivity index (χ0n) is 12.5. The molecule has 23 heavy (non-hydrogen) atoms. The fourth-order valence-corrected chi connectivity index (χ4v) is 3.58. The molecule has 4 aromatic rings. The zero-order valence-corrected chi connectivity index (χ0v) is 13.3. The summed E-state index contributed by atoms with van der Waals surface area (Å²) in [7, 11) is 0. The maximum atomic E-state index is 12.7. The molecule has 5 heteroatoms. The Bertz CT molecular complexity index is 1090. The van der Waals surface area contributed by atoms with E-state index < -0.39 is 0 Å². The van der Waals surface area contributed by atoms with Crippen molar-refractivity contribution in [1.82, 2.24) is 9.38 Å². The Balaban J connectivity index is 1.85. The number of para-hydroxylation sites is 2. The molecule has 2 aromatic carbocycles. The summed E-state index contributed by atoms with van der Waals surface area (Å²) in [6.45, 7) is 2.60. The van der Waals surface area contributed by atoms with Crippen molar-refractivity contribution in [3.05, 3.63) is 69.0 Å². The first-order chi connectivity index (χ1) is 11.3. The molecule has 0 aliphatic carbocycles. The second kappa shape index (κ2) is 5.52. The second-order valence-electron chi connectivity index (χ2n) is 5.14. The second-order valence-corrected chi connectivity index (χ2v) is 6.15. The van der Waals surface area contributed by atoms with Gasteiger partial charge in [-0.1, -0.05) is 35.6 Å². The molecule has 0 unspecified atom stereocenters. The highest BCUT2D eigenvalue weighted by Gasteiger charge is 2.10. The maximum Gasteiger partial charge on any atom is 0.274 e. The van der Waals surface area contributed by atoms with E-state index in [-0.39, 0.29) is 5.56 Å². The Morgan fingerprint density at radius 3 is 2.74 bits per heavy atom. The molecule has 0 radical (unpaired) electrons. The Hall–Kier alpha value is -2.66. The quantitative estimate of drug-likeness (QED) is 0.582. The fourth-order valence-electron chi connectivity index (χ4n) is 2.59. The summed E-state index contributed by atoms with van der Waals surface area (Å²) in [5.74, 6) is 0.832. The Labute approximate surface area is 136 Å². The van der Waals surface area contributed by atoms with Gasteiger partial charge in [0.2, 0.25) is 0 Å². The molecule has 0 spiro atoms. The van der Waals surface area contributed by atoms with Crippen molar-refractivity contribution in [3.8, 4) is 5.75 Å². The van der Waals surface area contributed by atoms with Gasteiger partial charge in [-0.25, -0.2) is 9.38 Å². The van der Waals surface area contributed by atoms with Crippen molar-refractivity contribution in [3.63, 3.8) is 0 Å². The number of nitrogens with zero attached hydrogens (tertiary/aromatic N) is 2. The number of rotatable bonds is 3. The summed E-state index contributed by atoms with van der Waals surface area (Å²) >= 11 is 1.41. The van der Waals surface area contributed by atoms with Crippen LogP contribution in [0, 0.1) is 0 Å². The maximum absolute atomic E-state index is 12.7. The molecule has 0 saturated carbocycles. The van der Waals surface area contributed by atoms with E-state index in [1.807, 2.05) is 61.5 Å². The minimum absolute atomic E-state index is 0.0208. The molecule has 4 rings (SSSR count). The number of benzene rings is 2. The first-order valence-corrected chi connectivity index (χ1v) is 8.22. The lowest BCUT2D eigenvalue weighted by atomic mass is 10.2. The molecule has 4 nitrogen and oxygen atoms in total. The topological polar surface area (TPSA) is 43.6 Å². The number of hydrogen-bond acceptors (Lipinski definition) is 4. The minimum atomic E-state index is -0.0208. The fraction of sp³-hybridized carbons (Fsp3) is 0.111. The molecule has 0 aliphatic heterocycles. The number of imidazole rings is 1. The largest absolute Gasteiger partial charge is 0.494 e. The zero-order chi connectivity index (χ0) is 15.8. The van der Waals surface area contributed by atoms with Crippen LogP contribution in [0.15, 0.2) is 53.3 Å². The molecular formula is C18H14N2O2S. The van der Waals surface area contributed by atoms with Gasteiger partial charge in [-0.15, -0.1) is 0 Å². The summed E-state index contributed by atoms with van der Waals surface area (Å²) in [6.07, 6.45) is 1.90. The Kier molecular flexibility index (Phi) is 3.35. The standard InChI is InChI=1S/C18H14N2O2S/c1-2-22-13-9-7-12(8-10-13)11-16-17(21)20-15-6-4-3-5-14(15)19-18(20)23-16/h3-11H,2H2,1H3. The first-order valence-electron chi connectivity index (χ1n) is 7.41. The molecule has 0 atom stereocenters. The molecular weight excluding hydrogens is 308 g/mol. The Morgan fingerprint density at radius 2 is 1.96 bits per heavy atom. The lowest BCUT2D eigenvalue weighted by molar-refractivity contribution is 0.340. The number of hydrogen-bond donors (Lipinski definition) is 0. The number of fused-ring (bicyclic) bond motifs is 3. The van der Waals surface area contributed by atoms with E-state index in [9.17, 15) is 4.79 Å². The van der Waals surface area contributed by atoms with Crippen LogP contribution in [-0.4, -0.2) is 16.0 Å². The molecule has 0 saturated heterocycles. The van der Waals surface area contributed by atoms with Crippen LogP contribution in [0.25, 0.3) is 22.1 Å². The van der Waals surface area contributed by atoms with Crippen LogP contribution in [-0.2, 0) is 0 Å². The van der Waals surface area contributed by atoms with Crippen LogP contribution in [0.1, 0.15) is 12.5 Å². The average molecular weight is 322 g/mol. The van der Waals surface area contributed by atoms with Crippen molar-refractivity contribution in [2.45, 2.75) is 6.92 Å². The summed E-state index contributed by atoms with van der Waals surface area (Å²) in [4.78, 5) is 17.9. The normalized spacial score (nSPS) is 12.3. The summed E-state index contributed by atoms with van der Waals surface area (Å²) in [6, 6.07) is 15.4. The highest BCUT2D eigenvalue weighted by Crippen LogP contribution is 2.16. The van der Waals surface area contributed by atoms with E-state index >= 15 is 0 Å². The van der Waals surface area contributed by atoms with Gasteiger partial charge in [0.15, 0.2) is 4.96 Å². The van der Waals surface area contributed by atoms with E-state index in [1.165, 1.54) is 11.3 Å². The third-order valence-electron chi connectivity index (χ3n) is 3.63. The van der Waals surface area contributed by atoms with Crippen LogP contribution in [0.3, 0.4) is 0 Å². The van der Waals surface area contributed by atoms with E-state index in [0.717, 1.165) is 27.3 Å². The van der Waals surface area contributed by atoms with Crippen molar-refractivity contribution in [2.75, 3.05) is 6.61 Å². The van der Waals surface area contributed by atoms with Gasteiger partial charge in [0.25, 0.3) is 5.56 Å². The molecule has 0 N–H and O–H groups in total. The van der Waals surface area contributed by atoms with Gasteiger partial charge >= 0.3 is 0 Å². The SMILES string of the molecule is CCOc1ccc(C=c2sc3nc4ccccc4n3c2=O)cc1. The average Bonchev–Trinajstić information content (AvgIpc) is 3.07. The number of thiazole rings is 1. The summed E-state index contributed by atoms with van der Waals surface area (Å²) in [5.41, 5.74) is 2.66. The predicted molar refractivity (Wildman–Crippen MR) is 93.2 cm³/mol. The van der Waals surface area contributed by atoms with Crippen LogP contribution in [0.4, 0.5) is 0 Å². The van der Waals surface area contributed by atoms with Gasteiger partial charge < -0.3 is 4.74 Å². The van der Waals surface area contributed by atoms with Gasteiger partial charge in [0.05, 0.1) is 22.2 Å². The highest BCUT2D eigenvalue weighted by molar-refractivity contribution is 7.15. The van der Waals surface area contributed by atoms with Crippen molar-refractivity contribution >= 4 is 33.4 Å². The minimum Gasteiger partial charge on any atom is -0.494 e. The van der Waals surface area contributed by atoms with Crippen LogP contribution < -0.4 is 14.8 Å². The molecule has 2 heterocycles. The van der Waals surface area contributed by atoms with Gasteiger partial charge in [-0.3, -0.25) is 4.79 Å². The molecule has 2 aromatic heterocycles. The van der Waals surface area contributed by atoms with Crippen molar-refractivity contribution < 1.29 is 4.74 Å². The number of ether oxygens (including phenoxy) is 1. The van der Waals surface area contributed by atoms with E-state index in [0.29, 0.717) is 11.1 Å². The molecule has 0 fully saturated rings. The van der Waals surface area contributed by atoms with Gasteiger partial charge in [-0.05, 0) is 42.8 Å².